The Morgan fingerprint density at radius 2 is 2.11 bits per heavy atom. The second kappa shape index (κ2) is 9.58. The molecule has 0 aromatic carbocycles. The van der Waals surface area contributed by atoms with Crippen LogP contribution in [0.4, 0.5) is 5.82 Å². The molecule has 0 atom stereocenters. The fourth-order valence-electron chi connectivity index (χ4n) is 2.99. The molecule has 0 unspecified atom stereocenters. The highest BCUT2D eigenvalue weighted by atomic mass is 16.2. The fourth-order valence-corrected chi connectivity index (χ4v) is 2.99. The minimum absolute atomic E-state index is 0.166. The Morgan fingerprint density at radius 1 is 1.26 bits per heavy atom. The predicted octanol–water partition coefficient (Wildman–Crippen LogP) is 0.0438. The van der Waals surface area contributed by atoms with E-state index in [1.54, 1.807) is 0 Å². The Morgan fingerprint density at radius 3 is 2.81 bits per heavy atom. The van der Waals surface area contributed by atoms with Crippen molar-refractivity contribution < 1.29 is 5.11 Å². The standard InChI is InChI=1S/C19H23N7O/c20-9-16-12-25-19(13-22-16)26-18-8-17(15(11-24-18)2-1-7-27)23-10-14-3-5-21-6-4-14/h8,12-14,21,23-24,27H,3-7,10-11H2,(H,25,26). The largest absolute Gasteiger partial charge is 0.384 e. The number of nitrogens with zero attached hydrogens (tertiary/aromatic N) is 3. The Kier molecular flexibility index (Phi) is 6.64. The van der Waals surface area contributed by atoms with Gasteiger partial charge in [-0.3, -0.25) is 0 Å². The topological polar surface area (TPSA) is 118 Å². The van der Waals surface area contributed by atoms with Crippen LogP contribution >= 0.6 is 0 Å². The summed E-state index contributed by atoms with van der Waals surface area (Å²) >= 11 is 0. The van der Waals surface area contributed by atoms with Gasteiger partial charge in [0.25, 0.3) is 0 Å². The van der Waals surface area contributed by atoms with Crippen LogP contribution in [-0.4, -0.2) is 47.9 Å². The van der Waals surface area contributed by atoms with Crippen LogP contribution in [-0.2, 0) is 0 Å². The molecule has 0 radical (unpaired) electrons. The molecule has 3 rings (SSSR count). The van der Waals surface area contributed by atoms with Crippen LogP contribution in [0.2, 0.25) is 0 Å². The molecule has 1 aromatic rings. The van der Waals surface area contributed by atoms with Gasteiger partial charge in [-0.15, -0.1) is 0 Å². The van der Waals surface area contributed by atoms with Crippen molar-refractivity contribution in [3.8, 4) is 17.9 Å². The number of allylic oxidation sites excluding steroid dienone is 1. The number of nitrogens with one attached hydrogen (secondary N) is 4. The van der Waals surface area contributed by atoms with Crippen molar-refractivity contribution in [2.75, 3.05) is 38.1 Å². The molecule has 0 aliphatic carbocycles. The van der Waals surface area contributed by atoms with E-state index in [4.69, 9.17) is 10.4 Å². The Labute approximate surface area is 158 Å². The third-order valence-electron chi connectivity index (χ3n) is 4.46. The first-order valence-corrected chi connectivity index (χ1v) is 9.00. The molecule has 0 saturated carbocycles. The van der Waals surface area contributed by atoms with Crippen LogP contribution < -0.4 is 21.3 Å². The van der Waals surface area contributed by atoms with E-state index in [0.717, 1.165) is 49.6 Å². The molecule has 0 amide bonds. The second-order valence-electron chi connectivity index (χ2n) is 6.36. The summed E-state index contributed by atoms with van der Waals surface area (Å²) in [4.78, 5) is 8.19. The molecule has 0 spiro atoms. The van der Waals surface area contributed by atoms with Gasteiger partial charge in [-0.2, -0.15) is 5.26 Å². The average molecular weight is 365 g/mol. The third-order valence-corrected chi connectivity index (χ3v) is 4.46. The lowest BCUT2D eigenvalue weighted by molar-refractivity contribution is 0.350. The van der Waals surface area contributed by atoms with E-state index in [1.807, 2.05) is 12.1 Å². The number of aliphatic hydroxyl groups is 1. The van der Waals surface area contributed by atoms with Gasteiger partial charge in [-0.25, -0.2) is 9.97 Å². The number of hydrogen-bond donors (Lipinski definition) is 5. The molecule has 1 aromatic heterocycles. The maximum absolute atomic E-state index is 9.00. The zero-order valence-electron chi connectivity index (χ0n) is 15.0. The van der Waals surface area contributed by atoms with Crippen molar-refractivity contribution in [1.29, 1.82) is 5.26 Å². The first-order valence-electron chi connectivity index (χ1n) is 9.00. The van der Waals surface area contributed by atoms with Crippen molar-refractivity contribution in [2.24, 2.45) is 5.92 Å². The van der Waals surface area contributed by atoms with Crippen LogP contribution in [0.5, 0.6) is 0 Å². The van der Waals surface area contributed by atoms with Crippen LogP contribution in [0.25, 0.3) is 0 Å². The first kappa shape index (κ1) is 18.7. The summed E-state index contributed by atoms with van der Waals surface area (Å²) in [5.74, 6) is 7.69. The molecule has 0 bridgehead atoms. The number of hydrogen-bond acceptors (Lipinski definition) is 8. The van der Waals surface area contributed by atoms with Crippen molar-refractivity contribution in [2.45, 2.75) is 12.8 Å². The van der Waals surface area contributed by atoms with E-state index in [0.29, 0.717) is 18.3 Å². The number of anilines is 1. The van der Waals surface area contributed by atoms with E-state index in [2.05, 4.69) is 43.1 Å². The Hall–Kier alpha value is -3.07. The normalized spacial score (nSPS) is 17.1. The first-order chi connectivity index (χ1) is 13.3. The van der Waals surface area contributed by atoms with Gasteiger partial charge in [0.15, 0.2) is 5.69 Å². The Bertz CT molecular complexity index is 805. The van der Waals surface area contributed by atoms with E-state index in [-0.39, 0.29) is 12.3 Å². The van der Waals surface area contributed by atoms with Gasteiger partial charge >= 0.3 is 0 Å². The summed E-state index contributed by atoms with van der Waals surface area (Å²) in [6.45, 7) is 3.39. The SMILES string of the molecule is N#Cc1cnc(NC2=CC(NCC3CCNCC3)=C(C#CCO)CN2)cn1. The second-order valence-corrected chi connectivity index (χ2v) is 6.36. The molecule has 140 valence electrons. The molecule has 5 N–H and O–H groups in total. The average Bonchev–Trinajstić information content (AvgIpc) is 2.73. The highest BCUT2D eigenvalue weighted by Gasteiger charge is 2.16. The fraction of sp³-hybridized carbons (Fsp3) is 0.421. The molecule has 1 fully saturated rings. The van der Waals surface area contributed by atoms with Crippen molar-refractivity contribution >= 4 is 5.82 Å². The summed E-state index contributed by atoms with van der Waals surface area (Å²) in [5.41, 5.74) is 2.13. The molecule has 3 heterocycles. The quantitative estimate of drug-likeness (QED) is 0.465. The van der Waals surface area contributed by atoms with Crippen molar-refractivity contribution in [3.05, 3.63) is 41.3 Å². The predicted molar refractivity (Wildman–Crippen MR) is 102 cm³/mol. The lowest BCUT2D eigenvalue weighted by Crippen LogP contribution is -2.35. The van der Waals surface area contributed by atoms with Crippen LogP contribution in [0.15, 0.2) is 35.6 Å². The molecule has 1 saturated heterocycles. The molecular weight excluding hydrogens is 342 g/mol. The van der Waals surface area contributed by atoms with Gasteiger partial charge in [0.05, 0.1) is 24.6 Å². The smallest absolute Gasteiger partial charge is 0.158 e. The number of aliphatic hydroxyl groups excluding tert-OH is 1. The lowest BCUT2D eigenvalue weighted by Gasteiger charge is -2.26. The van der Waals surface area contributed by atoms with Gasteiger partial charge in [0.1, 0.15) is 24.3 Å². The highest BCUT2D eigenvalue weighted by molar-refractivity contribution is 5.48. The summed E-state index contributed by atoms with van der Waals surface area (Å²) in [5, 5.41) is 31.1. The minimum Gasteiger partial charge on any atom is -0.384 e. The van der Waals surface area contributed by atoms with Crippen LogP contribution in [0, 0.1) is 29.1 Å². The molecule has 2 aliphatic rings. The van der Waals surface area contributed by atoms with Gasteiger partial charge in [0.2, 0.25) is 0 Å². The van der Waals surface area contributed by atoms with Crippen molar-refractivity contribution in [3.63, 3.8) is 0 Å². The maximum atomic E-state index is 9.00. The van der Waals surface area contributed by atoms with E-state index in [9.17, 15) is 0 Å². The number of rotatable bonds is 5. The molecular formula is C19H23N7O. The lowest BCUT2D eigenvalue weighted by atomic mass is 9.98. The molecule has 2 aliphatic heterocycles. The molecule has 27 heavy (non-hydrogen) atoms. The Balaban J connectivity index is 1.71. The number of dihydropyridines is 1. The molecule has 8 heteroatoms. The zero-order valence-corrected chi connectivity index (χ0v) is 15.0. The van der Waals surface area contributed by atoms with Crippen LogP contribution in [0.1, 0.15) is 18.5 Å². The van der Waals surface area contributed by atoms with Crippen molar-refractivity contribution in [1.82, 2.24) is 25.9 Å². The van der Waals surface area contributed by atoms with E-state index >= 15 is 0 Å². The summed E-state index contributed by atoms with van der Waals surface area (Å²) in [6, 6.07) is 1.95. The monoisotopic (exact) mass is 365 g/mol. The molecule has 8 nitrogen and oxygen atoms in total. The number of nitriles is 1. The zero-order chi connectivity index (χ0) is 18.9. The summed E-state index contributed by atoms with van der Waals surface area (Å²) < 4.78 is 0. The minimum atomic E-state index is -0.166. The number of piperidine rings is 1. The third kappa shape index (κ3) is 5.45. The highest BCUT2D eigenvalue weighted by Crippen LogP contribution is 2.15. The van der Waals surface area contributed by atoms with Gasteiger partial charge in [0, 0.05) is 18.2 Å². The van der Waals surface area contributed by atoms with E-state index in [1.165, 1.54) is 12.4 Å². The summed E-state index contributed by atoms with van der Waals surface area (Å²) in [7, 11) is 0. The van der Waals surface area contributed by atoms with Crippen LogP contribution in [0.3, 0.4) is 0 Å². The van der Waals surface area contributed by atoms with Gasteiger partial charge in [-0.05, 0) is 31.8 Å². The van der Waals surface area contributed by atoms with E-state index < -0.39 is 0 Å². The number of aromatic nitrogens is 2. The van der Waals surface area contributed by atoms with Gasteiger partial charge < -0.3 is 26.4 Å². The van der Waals surface area contributed by atoms with Gasteiger partial charge in [-0.1, -0.05) is 11.8 Å². The maximum Gasteiger partial charge on any atom is 0.158 e. The summed E-state index contributed by atoms with van der Waals surface area (Å²) in [6.07, 6.45) is 7.22.